The summed E-state index contributed by atoms with van der Waals surface area (Å²) in [6.45, 7) is 6.80. The molecule has 2 heteroatoms. The quantitative estimate of drug-likeness (QED) is 0.153. The Balaban J connectivity index is 1.09. The summed E-state index contributed by atoms with van der Waals surface area (Å²) in [6.07, 6.45) is 0. The maximum Gasteiger partial charge on any atom is 0.139 e. The summed E-state index contributed by atoms with van der Waals surface area (Å²) in [5.41, 5.74) is 15.9. The van der Waals surface area contributed by atoms with Gasteiger partial charge in [-0.05, 0) is 103 Å². The minimum atomic E-state index is -0.122. The Morgan fingerprint density at radius 2 is 0.817 bits per heavy atom. The minimum Gasteiger partial charge on any atom is -0.456 e. The predicted molar refractivity (Wildman–Crippen MR) is 254 cm³/mol. The van der Waals surface area contributed by atoms with Gasteiger partial charge in [0, 0.05) is 33.6 Å². The summed E-state index contributed by atoms with van der Waals surface area (Å²) in [5.74, 6) is 0.916. The molecule has 10 rings (SSSR count). The smallest absolute Gasteiger partial charge is 0.139 e. The molecule has 0 saturated carbocycles. The molecule has 10 aromatic rings. The second-order valence-corrected chi connectivity index (χ2v) is 16.5. The van der Waals surface area contributed by atoms with Crippen LogP contribution in [0, 0.1) is 0 Å². The molecule has 1 heterocycles. The van der Waals surface area contributed by atoms with Crippen molar-refractivity contribution < 1.29 is 4.42 Å². The van der Waals surface area contributed by atoms with Gasteiger partial charge in [0.05, 0.1) is 0 Å². The first-order valence-electron chi connectivity index (χ1n) is 20.8. The van der Waals surface area contributed by atoms with Gasteiger partial charge in [-0.15, -0.1) is 0 Å². The van der Waals surface area contributed by atoms with Gasteiger partial charge in [-0.3, -0.25) is 0 Å². The molecule has 0 N–H and O–H groups in total. The predicted octanol–water partition coefficient (Wildman–Crippen LogP) is 16.7. The van der Waals surface area contributed by atoms with E-state index in [1.807, 2.05) is 6.07 Å². The first-order valence-corrected chi connectivity index (χ1v) is 20.8. The van der Waals surface area contributed by atoms with Gasteiger partial charge >= 0.3 is 0 Å². The summed E-state index contributed by atoms with van der Waals surface area (Å²) in [6, 6.07) is 78.5. The highest BCUT2D eigenvalue weighted by atomic mass is 16.3. The molecule has 9 aromatic carbocycles. The molecule has 0 unspecified atom stereocenters. The highest BCUT2D eigenvalue weighted by Gasteiger charge is 2.27. The van der Waals surface area contributed by atoms with E-state index in [0.29, 0.717) is 0 Å². The monoisotopic (exact) mass is 771 g/mol. The summed E-state index contributed by atoms with van der Waals surface area (Å²) < 4.78 is 6.69. The Hall–Kier alpha value is -7.42. The molecule has 1 aromatic heterocycles. The average molecular weight is 772 g/mol. The van der Waals surface area contributed by atoms with Crippen molar-refractivity contribution >= 4 is 38.8 Å². The minimum absolute atomic E-state index is 0.122. The molecule has 288 valence electrons. The molecule has 0 aliphatic rings. The van der Waals surface area contributed by atoms with Gasteiger partial charge in [0.25, 0.3) is 0 Å². The van der Waals surface area contributed by atoms with Crippen molar-refractivity contribution in [3.63, 3.8) is 0 Å². The van der Waals surface area contributed by atoms with Crippen molar-refractivity contribution in [2.75, 3.05) is 4.90 Å². The maximum absolute atomic E-state index is 6.69. The Kier molecular flexibility index (Phi) is 9.47. The van der Waals surface area contributed by atoms with E-state index >= 15 is 0 Å². The topological polar surface area (TPSA) is 16.4 Å². The molecular formula is C58H45NO. The SMILES string of the molecule is CC(C)(C)c1c(-c2cccc(N(c3ccc(-c4ccccc4-c4ccccc4-c4ccccc4)cc3)c3ccc(-c4cccc5ccccc45)cc3)c2)oc2ccccc12. The van der Waals surface area contributed by atoms with Gasteiger partial charge in [-0.2, -0.15) is 0 Å². The van der Waals surface area contributed by atoms with Crippen molar-refractivity contribution in [3.05, 3.63) is 224 Å². The Bertz CT molecular complexity index is 3110. The number of anilines is 3. The van der Waals surface area contributed by atoms with Gasteiger partial charge in [-0.25, -0.2) is 0 Å². The molecule has 60 heavy (non-hydrogen) atoms. The molecule has 0 aliphatic carbocycles. The first-order chi connectivity index (χ1) is 29.4. The van der Waals surface area contributed by atoms with Crippen LogP contribution in [0.5, 0.6) is 0 Å². The lowest BCUT2D eigenvalue weighted by Gasteiger charge is -2.27. The van der Waals surface area contributed by atoms with Crippen LogP contribution in [0.1, 0.15) is 26.3 Å². The Labute approximate surface area is 352 Å². The molecule has 2 nitrogen and oxygen atoms in total. The maximum atomic E-state index is 6.69. The second-order valence-electron chi connectivity index (χ2n) is 16.5. The zero-order valence-electron chi connectivity index (χ0n) is 34.1. The summed E-state index contributed by atoms with van der Waals surface area (Å²) in [7, 11) is 0. The van der Waals surface area contributed by atoms with Crippen LogP contribution in [0.25, 0.3) is 77.6 Å². The highest BCUT2D eigenvalue weighted by molar-refractivity contribution is 5.97. The number of furan rings is 1. The second kappa shape index (κ2) is 15.4. The van der Waals surface area contributed by atoms with E-state index in [0.717, 1.165) is 44.9 Å². The van der Waals surface area contributed by atoms with Crippen LogP contribution in [-0.2, 0) is 5.41 Å². The molecular weight excluding hydrogens is 727 g/mol. The highest BCUT2D eigenvalue weighted by Crippen LogP contribution is 2.45. The fraction of sp³-hybridized carbons (Fsp3) is 0.0690. The number of hydrogen-bond donors (Lipinski definition) is 0. The van der Waals surface area contributed by atoms with Crippen LogP contribution in [0.15, 0.2) is 223 Å². The molecule has 0 atom stereocenters. The number of benzene rings is 9. The average Bonchev–Trinajstić information content (AvgIpc) is 3.71. The van der Waals surface area contributed by atoms with E-state index in [2.05, 4.69) is 238 Å². The standard InChI is InChI=1S/C58H45NO/c1-58(2,3)56-54-28-13-14-30-55(54)60-57(56)44-21-15-22-47(39-44)59(45-35-31-42(32-36-45)49-29-16-20-41-19-7-8-23-48(41)49)46-37-33-43(34-38-46)51-25-10-12-27-53(51)52-26-11-9-24-50(52)40-17-5-4-6-18-40/h4-39H,1-3H3. The van der Waals surface area contributed by atoms with Gasteiger partial charge in [0.15, 0.2) is 0 Å². The van der Waals surface area contributed by atoms with Gasteiger partial charge in [-0.1, -0.05) is 197 Å². The lowest BCUT2D eigenvalue weighted by molar-refractivity contribution is 0.568. The zero-order valence-corrected chi connectivity index (χ0v) is 34.1. The van der Waals surface area contributed by atoms with Crippen LogP contribution in [0.3, 0.4) is 0 Å². The third kappa shape index (κ3) is 6.86. The molecule has 0 fully saturated rings. The molecule has 0 spiro atoms. The lowest BCUT2D eigenvalue weighted by atomic mass is 9.83. The van der Waals surface area contributed by atoms with Crippen LogP contribution in [0.2, 0.25) is 0 Å². The van der Waals surface area contributed by atoms with Crippen LogP contribution in [0.4, 0.5) is 17.1 Å². The largest absolute Gasteiger partial charge is 0.456 e. The third-order valence-electron chi connectivity index (χ3n) is 11.6. The fourth-order valence-electron chi connectivity index (χ4n) is 8.84. The first kappa shape index (κ1) is 36.9. The molecule has 0 radical (unpaired) electrons. The van der Waals surface area contributed by atoms with Crippen molar-refractivity contribution in [1.29, 1.82) is 0 Å². The lowest BCUT2D eigenvalue weighted by Crippen LogP contribution is -2.12. The Morgan fingerprint density at radius 1 is 0.350 bits per heavy atom. The fourth-order valence-corrected chi connectivity index (χ4v) is 8.84. The summed E-state index contributed by atoms with van der Waals surface area (Å²) in [4.78, 5) is 2.36. The van der Waals surface area contributed by atoms with Crippen molar-refractivity contribution in [3.8, 4) is 55.8 Å². The molecule has 0 saturated heterocycles. The van der Waals surface area contributed by atoms with Gasteiger partial charge in [0.2, 0.25) is 0 Å². The van der Waals surface area contributed by atoms with E-state index in [4.69, 9.17) is 4.42 Å². The van der Waals surface area contributed by atoms with E-state index < -0.39 is 0 Å². The van der Waals surface area contributed by atoms with E-state index in [-0.39, 0.29) is 5.41 Å². The third-order valence-corrected chi connectivity index (χ3v) is 11.6. The molecule has 0 bridgehead atoms. The van der Waals surface area contributed by atoms with E-state index in [9.17, 15) is 0 Å². The number of para-hydroxylation sites is 1. The number of nitrogens with zero attached hydrogens (tertiary/aromatic N) is 1. The van der Waals surface area contributed by atoms with Crippen LogP contribution < -0.4 is 4.90 Å². The van der Waals surface area contributed by atoms with Crippen LogP contribution >= 0.6 is 0 Å². The molecule has 0 aliphatic heterocycles. The van der Waals surface area contributed by atoms with Crippen LogP contribution in [-0.4, -0.2) is 0 Å². The van der Waals surface area contributed by atoms with Gasteiger partial charge < -0.3 is 9.32 Å². The van der Waals surface area contributed by atoms with E-state index in [1.54, 1.807) is 0 Å². The number of rotatable bonds is 8. The van der Waals surface area contributed by atoms with E-state index in [1.165, 1.54) is 55.3 Å². The normalized spacial score (nSPS) is 11.6. The van der Waals surface area contributed by atoms with Crippen molar-refractivity contribution in [2.45, 2.75) is 26.2 Å². The number of hydrogen-bond acceptors (Lipinski definition) is 2. The summed E-state index contributed by atoms with van der Waals surface area (Å²) >= 11 is 0. The Morgan fingerprint density at radius 3 is 1.47 bits per heavy atom. The zero-order chi connectivity index (χ0) is 40.6. The summed E-state index contributed by atoms with van der Waals surface area (Å²) in [5, 5.41) is 3.65. The van der Waals surface area contributed by atoms with Crippen molar-refractivity contribution in [1.82, 2.24) is 0 Å². The van der Waals surface area contributed by atoms with Crippen molar-refractivity contribution in [2.24, 2.45) is 0 Å². The molecule has 0 amide bonds. The number of fused-ring (bicyclic) bond motifs is 2. The van der Waals surface area contributed by atoms with Gasteiger partial charge in [0.1, 0.15) is 11.3 Å².